The summed E-state index contributed by atoms with van der Waals surface area (Å²) in [7, 11) is 0. The lowest BCUT2D eigenvalue weighted by Gasteiger charge is -2.31. The summed E-state index contributed by atoms with van der Waals surface area (Å²) in [4.78, 5) is 12.9. The smallest absolute Gasteiger partial charge is 0.185 e. The zero-order valence-corrected chi connectivity index (χ0v) is 22.7. The van der Waals surface area contributed by atoms with Crippen LogP contribution in [0.5, 0.6) is 17.2 Å². The third-order valence-electron chi connectivity index (χ3n) is 4.72. The van der Waals surface area contributed by atoms with Crippen LogP contribution in [0.4, 0.5) is 0 Å². The minimum absolute atomic E-state index is 0.0673. The largest absolute Gasteiger partial charge is 0.494 e. The van der Waals surface area contributed by atoms with Crippen LogP contribution in [0.25, 0.3) is 6.08 Å². The maximum absolute atomic E-state index is 12.9. The molecular weight excluding hydrogens is 424 g/mol. The van der Waals surface area contributed by atoms with Crippen LogP contribution < -0.4 is 14.2 Å². The SMILES string of the molecule is CCCOc1ccc(C(=O)/C=C/c2cc(OC(C)(C)C)cc(OC(C)(C)C)c2C(C)(C)C)cc1. The molecule has 0 bridgehead atoms. The number of benzene rings is 2. The first-order chi connectivity index (χ1) is 15.6. The zero-order chi connectivity index (χ0) is 25.7. The minimum atomic E-state index is -0.376. The molecule has 0 saturated heterocycles. The van der Waals surface area contributed by atoms with E-state index < -0.39 is 0 Å². The van der Waals surface area contributed by atoms with Gasteiger partial charge in [-0.1, -0.05) is 33.8 Å². The van der Waals surface area contributed by atoms with Gasteiger partial charge in [-0.15, -0.1) is 0 Å². The number of rotatable bonds is 8. The number of carbonyl (C=O) groups is 1. The standard InChI is InChI=1S/C30H42O4/c1-11-18-32-23-15-12-21(13-16-23)25(31)17-14-22-19-24(33-29(5,6)7)20-26(34-30(8,9)10)27(22)28(2,3)4/h12-17,19-20H,11,18H2,1-10H3/b17-14+. The number of hydrogen-bond donors (Lipinski definition) is 0. The predicted molar refractivity (Wildman–Crippen MR) is 141 cm³/mol. The van der Waals surface area contributed by atoms with Gasteiger partial charge in [-0.2, -0.15) is 0 Å². The third kappa shape index (κ3) is 8.55. The van der Waals surface area contributed by atoms with Crippen LogP contribution in [0.3, 0.4) is 0 Å². The van der Waals surface area contributed by atoms with Crippen LogP contribution in [-0.2, 0) is 5.41 Å². The van der Waals surface area contributed by atoms with Crippen molar-refractivity contribution in [2.24, 2.45) is 0 Å². The molecule has 186 valence electrons. The molecule has 0 saturated carbocycles. The van der Waals surface area contributed by atoms with Crippen molar-refractivity contribution in [1.29, 1.82) is 0 Å². The average Bonchev–Trinajstić information content (AvgIpc) is 2.67. The van der Waals surface area contributed by atoms with Gasteiger partial charge in [0, 0.05) is 17.2 Å². The highest BCUT2D eigenvalue weighted by molar-refractivity contribution is 6.07. The molecule has 34 heavy (non-hydrogen) atoms. The van der Waals surface area contributed by atoms with Crippen molar-refractivity contribution in [1.82, 2.24) is 0 Å². The van der Waals surface area contributed by atoms with Gasteiger partial charge in [0.1, 0.15) is 28.5 Å². The Bertz CT molecular complexity index is 994. The van der Waals surface area contributed by atoms with Gasteiger partial charge in [0.2, 0.25) is 0 Å². The first-order valence-corrected chi connectivity index (χ1v) is 12.1. The van der Waals surface area contributed by atoms with E-state index in [0.29, 0.717) is 17.9 Å². The molecule has 0 aliphatic carbocycles. The summed E-state index contributed by atoms with van der Waals surface area (Å²) in [6.07, 6.45) is 4.43. The Morgan fingerprint density at radius 3 is 1.91 bits per heavy atom. The third-order valence-corrected chi connectivity index (χ3v) is 4.72. The van der Waals surface area contributed by atoms with Gasteiger partial charge in [0.15, 0.2) is 5.78 Å². The van der Waals surface area contributed by atoms with E-state index in [1.165, 1.54) is 0 Å². The van der Waals surface area contributed by atoms with Gasteiger partial charge in [0.25, 0.3) is 0 Å². The second-order valence-corrected chi connectivity index (χ2v) is 11.6. The highest BCUT2D eigenvalue weighted by Crippen LogP contribution is 2.40. The molecule has 2 rings (SSSR count). The van der Waals surface area contributed by atoms with Crippen LogP contribution in [0.1, 0.15) is 97.1 Å². The van der Waals surface area contributed by atoms with Crippen molar-refractivity contribution in [2.75, 3.05) is 6.61 Å². The van der Waals surface area contributed by atoms with Crippen LogP contribution in [0.15, 0.2) is 42.5 Å². The normalized spacial score (nSPS) is 12.6. The Kier molecular flexibility index (Phi) is 8.63. The van der Waals surface area contributed by atoms with E-state index in [4.69, 9.17) is 14.2 Å². The fraction of sp³-hybridized carbons (Fsp3) is 0.500. The predicted octanol–water partition coefficient (Wildman–Crippen LogP) is 8.02. The Morgan fingerprint density at radius 1 is 0.824 bits per heavy atom. The molecule has 4 nitrogen and oxygen atoms in total. The fourth-order valence-corrected chi connectivity index (χ4v) is 3.56. The summed E-state index contributed by atoms with van der Waals surface area (Å²) in [5.74, 6) is 2.19. The van der Waals surface area contributed by atoms with E-state index in [1.807, 2.05) is 71.9 Å². The Morgan fingerprint density at radius 2 is 1.41 bits per heavy atom. The van der Waals surface area contributed by atoms with E-state index in [2.05, 4.69) is 27.7 Å². The minimum Gasteiger partial charge on any atom is -0.494 e. The van der Waals surface area contributed by atoms with Crippen molar-refractivity contribution in [3.05, 3.63) is 59.2 Å². The van der Waals surface area contributed by atoms with Crippen molar-refractivity contribution in [3.63, 3.8) is 0 Å². The Hall–Kier alpha value is -2.75. The molecule has 0 aliphatic heterocycles. The average molecular weight is 467 g/mol. The highest BCUT2D eigenvalue weighted by Gasteiger charge is 2.27. The summed E-state index contributed by atoms with van der Waals surface area (Å²) in [6, 6.07) is 11.2. The molecule has 0 aromatic heterocycles. The molecule has 2 aromatic rings. The summed E-state index contributed by atoms with van der Waals surface area (Å²) < 4.78 is 18.2. The fourth-order valence-electron chi connectivity index (χ4n) is 3.56. The van der Waals surface area contributed by atoms with Crippen LogP contribution in [0, 0.1) is 0 Å². The van der Waals surface area contributed by atoms with E-state index >= 15 is 0 Å². The molecule has 0 aliphatic rings. The van der Waals surface area contributed by atoms with Crippen molar-refractivity contribution in [3.8, 4) is 17.2 Å². The summed E-state index contributed by atoms with van der Waals surface area (Å²) in [5, 5.41) is 0. The number of allylic oxidation sites excluding steroid dienone is 1. The van der Waals surface area contributed by atoms with E-state index in [0.717, 1.165) is 29.0 Å². The molecule has 4 heteroatoms. The molecule has 0 N–H and O–H groups in total. The van der Waals surface area contributed by atoms with Crippen LogP contribution in [0.2, 0.25) is 0 Å². The Labute approximate surface area is 206 Å². The molecule has 0 amide bonds. The quantitative estimate of drug-likeness (QED) is 0.292. The second kappa shape index (κ2) is 10.7. The lowest BCUT2D eigenvalue weighted by molar-refractivity contribution is 0.104. The monoisotopic (exact) mass is 466 g/mol. The molecule has 0 radical (unpaired) electrons. The Balaban J connectivity index is 2.50. The number of carbonyl (C=O) groups excluding carboxylic acids is 1. The van der Waals surface area contributed by atoms with Gasteiger partial charge in [0.05, 0.1) is 6.61 Å². The highest BCUT2D eigenvalue weighted by atomic mass is 16.5. The van der Waals surface area contributed by atoms with Gasteiger partial charge in [-0.05, 0) is 95.3 Å². The lowest BCUT2D eigenvalue weighted by Crippen LogP contribution is -2.27. The first kappa shape index (κ1) is 27.5. The van der Waals surface area contributed by atoms with Crippen LogP contribution in [-0.4, -0.2) is 23.6 Å². The van der Waals surface area contributed by atoms with Gasteiger partial charge < -0.3 is 14.2 Å². The topological polar surface area (TPSA) is 44.8 Å². The lowest BCUT2D eigenvalue weighted by atomic mass is 9.82. The zero-order valence-electron chi connectivity index (χ0n) is 22.7. The molecular formula is C30H42O4. The van der Waals surface area contributed by atoms with Crippen molar-refractivity contribution < 1.29 is 19.0 Å². The maximum Gasteiger partial charge on any atom is 0.185 e. The van der Waals surface area contributed by atoms with E-state index in [-0.39, 0.29) is 22.4 Å². The molecule has 0 spiro atoms. The summed E-state index contributed by atoms with van der Waals surface area (Å²) >= 11 is 0. The van der Waals surface area contributed by atoms with Gasteiger partial charge >= 0.3 is 0 Å². The van der Waals surface area contributed by atoms with Crippen molar-refractivity contribution >= 4 is 11.9 Å². The maximum atomic E-state index is 12.9. The van der Waals surface area contributed by atoms with Gasteiger partial charge in [-0.3, -0.25) is 4.79 Å². The molecule has 0 heterocycles. The summed E-state index contributed by atoms with van der Waals surface area (Å²) in [5.41, 5.74) is 1.62. The van der Waals surface area contributed by atoms with E-state index in [1.54, 1.807) is 18.2 Å². The summed E-state index contributed by atoms with van der Waals surface area (Å²) in [6.45, 7) is 21.3. The second-order valence-electron chi connectivity index (χ2n) is 11.6. The number of ketones is 1. The first-order valence-electron chi connectivity index (χ1n) is 12.1. The molecule has 2 aromatic carbocycles. The number of ether oxygens (including phenoxy) is 3. The van der Waals surface area contributed by atoms with Crippen LogP contribution >= 0.6 is 0 Å². The van der Waals surface area contributed by atoms with E-state index in [9.17, 15) is 4.79 Å². The number of hydrogen-bond acceptors (Lipinski definition) is 4. The van der Waals surface area contributed by atoms with Gasteiger partial charge in [-0.25, -0.2) is 0 Å². The van der Waals surface area contributed by atoms with Crippen molar-refractivity contribution in [2.45, 2.75) is 92.3 Å². The molecule has 0 fully saturated rings. The molecule has 0 unspecified atom stereocenters. The molecule has 0 atom stereocenters.